The molecule has 0 spiro atoms. The van der Waals surface area contributed by atoms with Crippen LogP contribution in [0.15, 0.2) is 12.1 Å². The monoisotopic (exact) mass is 293 g/mol. The van der Waals surface area contributed by atoms with Crippen LogP contribution in [0, 0.1) is 20.8 Å². The molecule has 1 aromatic rings. The Kier molecular flexibility index (Phi) is 6.21. The number of likely N-dealkylation sites (N-methyl/N-ethyl adjacent to an activating group) is 1. The van der Waals surface area contributed by atoms with E-state index in [0.717, 1.165) is 22.4 Å². The second-order valence-electron chi connectivity index (χ2n) is 5.00. The van der Waals surface area contributed by atoms with Crippen molar-refractivity contribution in [2.75, 3.05) is 26.8 Å². The van der Waals surface area contributed by atoms with Crippen molar-refractivity contribution in [3.05, 3.63) is 28.8 Å². The number of benzene rings is 1. The van der Waals surface area contributed by atoms with Gasteiger partial charge in [0.15, 0.2) is 6.61 Å². The third-order valence-corrected chi connectivity index (χ3v) is 3.23. The van der Waals surface area contributed by atoms with E-state index in [1.165, 1.54) is 12.0 Å². The van der Waals surface area contributed by atoms with Crippen LogP contribution in [0.1, 0.15) is 23.6 Å². The van der Waals surface area contributed by atoms with E-state index in [4.69, 9.17) is 4.74 Å². The van der Waals surface area contributed by atoms with Crippen LogP contribution in [-0.4, -0.2) is 43.6 Å². The first kappa shape index (κ1) is 17.0. The van der Waals surface area contributed by atoms with Crippen LogP contribution in [0.25, 0.3) is 0 Å². The standard InChI is InChI=1S/C16H23NO4/c1-6-17(9-15(19)20-5)14(18)10-21-16-12(3)7-11(2)8-13(16)4/h7-8H,6,9-10H2,1-5H3. The van der Waals surface area contributed by atoms with Crippen molar-refractivity contribution in [1.82, 2.24) is 4.90 Å². The number of aryl methyl sites for hydroxylation is 3. The van der Waals surface area contributed by atoms with Crippen LogP contribution in [0.4, 0.5) is 0 Å². The summed E-state index contributed by atoms with van der Waals surface area (Å²) in [7, 11) is 1.30. The first-order valence-corrected chi connectivity index (χ1v) is 6.94. The molecule has 0 aromatic heterocycles. The normalized spacial score (nSPS) is 10.1. The molecule has 116 valence electrons. The van der Waals surface area contributed by atoms with Gasteiger partial charge in [-0.05, 0) is 38.8 Å². The molecular weight excluding hydrogens is 270 g/mol. The van der Waals surface area contributed by atoms with E-state index in [0.29, 0.717) is 6.54 Å². The molecule has 0 atom stereocenters. The van der Waals surface area contributed by atoms with E-state index >= 15 is 0 Å². The van der Waals surface area contributed by atoms with Gasteiger partial charge in [-0.15, -0.1) is 0 Å². The second kappa shape index (κ2) is 7.67. The van der Waals surface area contributed by atoms with E-state index in [1.807, 2.05) is 39.8 Å². The van der Waals surface area contributed by atoms with E-state index in [9.17, 15) is 9.59 Å². The number of ether oxygens (including phenoxy) is 2. The molecule has 0 saturated heterocycles. The molecule has 5 nitrogen and oxygen atoms in total. The van der Waals surface area contributed by atoms with E-state index in [1.54, 1.807) is 0 Å². The quantitative estimate of drug-likeness (QED) is 0.753. The van der Waals surface area contributed by atoms with Gasteiger partial charge >= 0.3 is 5.97 Å². The highest BCUT2D eigenvalue weighted by Gasteiger charge is 2.17. The number of nitrogens with zero attached hydrogens (tertiary/aromatic N) is 1. The predicted molar refractivity (Wildman–Crippen MR) is 80.4 cm³/mol. The van der Waals surface area contributed by atoms with E-state index in [-0.39, 0.29) is 19.1 Å². The summed E-state index contributed by atoms with van der Waals surface area (Å²) < 4.78 is 10.2. The van der Waals surface area contributed by atoms with Crippen LogP contribution in [-0.2, 0) is 14.3 Å². The number of carbonyl (C=O) groups excluding carboxylic acids is 2. The summed E-state index contributed by atoms with van der Waals surface area (Å²) in [4.78, 5) is 24.7. The van der Waals surface area contributed by atoms with Gasteiger partial charge in [0.05, 0.1) is 7.11 Å². The summed E-state index contributed by atoms with van der Waals surface area (Å²) in [5, 5.41) is 0. The number of carbonyl (C=O) groups is 2. The molecule has 0 fully saturated rings. The van der Waals surface area contributed by atoms with Crippen LogP contribution in [0.5, 0.6) is 5.75 Å². The van der Waals surface area contributed by atoms with Crippen LogP contribution in [0.3, 0.4) is 0 Å². The molecule has 0 N–H and O–H groups in total. The fourth-order valence-electron chi connectivity index (χ4n) is 2.22. The van der Waals surface area contributed by atoms with Crippen LogP contribution >= 0.6 is 0 Å². The molecule has 0 heterocycles. The largest absolute Gasteiger partial charge is 0.483 e. The van der Waals surface area contributed by atoms with Crippen molar-refractivity contribution < 1.29 is 19.1 Å². The van der Waals surface area contributed by atoms with Gasteiger partial charge < -0.3 is 14.4 Å². The third kappa shape index (κ3) is 4.77. The van der Waals surface area contributed by atoms with Crippen molar-refractivity contribution in [2.45, 2.75) is 27.7 Å². The average molecular weight is 293 g/mol. The molecule has 1 amide bonds. The smallest absolute Gasteiger partial charge is 0.325 e. The Morgan fingerprint density at radius 1 is 1.14 bits per heavy atom. The lowest BCUT2D eigenvalue weighted by Gasteiger charge is -2.20. The SMILES string of the molecule is CCN(CC(=O)OC)C(=O)COc1c(C)cc(C)cc1C. The topological polar surface area (TPSA) is 55.8 Å². The van der Waals surface area contributed by atoms with Gasteiger partial charge in [0.25, 0.3) is 5.91 Å². The molecular formula is C16H23NO4. The number of hydrogen-bond acceptors (Lipinski definition) is 4. The third-order valence-electron chi connectivity index (χ3n) is 3.23. The minimum Gasteiger partial charge on any atom is -0.483 e. The molecule has 0 aliphatic carbocycles. The summed E-state index contributed by atoms with van der Waals surface area (Å²) in [6.07, 6.45) is 0. The van der Waals surface area contributed by atoms with Gasteiger partial charge in [-0.25, -0.2) is 0 Å². The zero-order chi connectivity index (χ0) is 16.0. The van der Waals surface area contributed by atoms with Gasteiger partial charge in [-0.3, -0.25) is 9.59 Å². The maximum absolute atomic E-state index is 12.1. The highest BCUT2D eigenvalue weighted by Crippen LogP contribution is 2.24. The minimum atomic E-state index is -0.437. The molecule has 1 rings (SSSR count). The van der Waals surface area contributed by atoms with Gasteiger partial charge in [0.2, 0.25) is 0 Å². The van der Waals surface area contributed by atoms with Gasteiger partial charge in [-0.2, -0.15) is 0 Å². The molecule has 0 saturated carbocycles. The maximum atomic E-state index is 12.1. The van der Waals surface area contributed by atoms with Crippen molar-refractivity contribution >= 4 is 11.9 Å². The molecule has 1 aromatic carbocycles. The van der Waals surface area contributed by atoms with Crippen molar-refractivity contribution in [3.8, 4) is 5.75 Å². The summed E-state index contributed by atoms with van der Waals surface area (Å²) in [5.41, 5.74) is 3.15. The minimum absolute atomic E-state index is 0.0545. The lowest BCUT2D eigenvalue weighted by molar-refractivity contribution is -0.147. The Balaban J connectivity index is 2.70. The van der Waals surface area contributed by atoms with Crippen LogP contribution < -0.4 is 4.74 Å². The average Bonchev–Trinajstić information content (AvgIpc) is 2.42. The first-order valence-electron chi connectivity index (χ1n) is 6.94. The summed E-state index contributed by atoms with van der Waals surface area (Å²) in [5.74, 6) is 0.0539. The Morgan fingerprint density at radius 3 is 2.19 bits per heavy atom. The lowest BCUT2D eigenvalue weighted by atomic mass is 10.1. The van der Waals surface area contributed by atoms with Gasteiger partial charge in [0.1, 0.15) is 12.3 Å². The number of hydrogen-bond donors (Lipinski definition) is 0. The fourth-order valence-corrected chi connectivity index (χ4v) is 2.22. The van der Waals surface area contributed by atoms with Gasteiger partial charge in [0, 0.05) is 6.54 Å². The zero-order valence-corrected chi connectivity index (χ0v) is 13.4. The molecule has 0 aliphatic rings. The van der Waals surface area contributed by atoms with E-state index in [2.05, 4.69) is 4.74 Å². The number of rotatable bonds is 6. The second-order valence-corrected chi connectivity index (χ2v) is 5.00. The Hall–Kier alpha value is -2.04. The lowest BCUT2D eigenvalue weighted by Crippen LogP contribution is -2.39. The number of amides is 1. The first-order chi connectivity index (χ1) is 9.88. The molecule has 0 aliphatic heterocycles. The Morgan fingerprint density at radius 2 is 1.71 bits per heavy atom. The molecule has 5 heteroatoms. The van der Waals surface area contributed by atoms with Crippen molar-refractivity contribution in [2.24, 2.45) is 0 Å². The molecule has 0 unspecified atom stereocenters. The zero-order valence-electron chi connectivity index (χ0n) is 13.4. The maximum Gasteiger partial charge on any atom is 0.325 e. The molecule has 21 heavy (non-hydrogen) atoms. The Bertz CT molecular complexity index is 502. The van der Waals surface area contributed by atoms with Crippen molar-refractivity contribution in [3.63, 3.8) is 0 Å². The highest BCUT2D eigenvalue weighted by molar-refractivity contribution is 5.83. The van der Waals surface area contributed by atoms with Crippen molar-refractivity contribution in [1.29, 1.82) is 0 Å². The van der Waals surface area contributed by atoms with E-state index < -0.39 is 5.97 Å². The van der Waals surface area contributed by atoms with Crippen LogP contribution in [0.2, 0.25) is 0 Å². The molecule has 0 bridgehead atoms. The summed E-state index contributed by atoms with van der Waals surface area (Å²) >= 11 is 0. The van der Waals surface area contributed by atoms with Gasteiger partial charge in [-0.1, -0.05) is 17.7 Å². The molecule has 0 radical (unpaired) electrons. The summed E-state index contributed by atoms with van der Waals surface area (Å²) in [6, 6.07) is 4.03. The number of esters is 1. The Labute approximate surface area is 125 Å². The fraction of sp³-hybridized carbons (Fsp3) is 0.500. The highest BCUT2D eigenvalue weighted by atomic mass is 16.5. The number of methoxy groups -OCH3 is 1. The summed E-state index contributed by atoms with van der Waals surface area (Å²) in [6.45, 7) is 8.02. The predicted octanol–water partition coefficient (Wildman–Crippen LogP) is 2.01.